The minimum Gasteiger partial charge on any atom is -0.478 e. The first-order valence-corrected chi connectivity index (χ1v) is 8.09. The molecular weight excluding hydrogens is 320 g/mol. The van der Waals surface area contributed by atoms with Crippen LogP contribution in [0.2, 0.25) is 0 Å². The van der Waals surface area contributed by atoms with Crippen molar-refractivity contribution in [2.24, 2.45) is 5.92 Å². The summed E-state index contributed by atoms with van der Waals surface area (Å²) in [5.41, 5.74) is 3.23. The Morgan fingerprint density at radius 1 is 1.20 bits per heavy atom. The van der Waals surface area contributed by atoms with Crippen molar-refractivity contribution in [2.75, 3.05) is 5.32 Å². The summed E-state index contributed by atoms with van der Waals surface area (Å²) in [4.78, 5) is 21.7. The lowest BCUT2D eigenvalue weighted by atomic mass is 9.77. The summed E-state index contributed by atoms with van der Waals surface area (Å²) in [6.45, 7) is 0. The molecule has 25 heavy (non-hydrogen) atoms. The summed E-state index contributed by atoms with van der Waals surface area (Å²) in [5.74, 6) is -0.563. The first-order chi connectivity index (χ1) is 12.0. The molecule has 2 aromatic rings. The quantitative estimate of drug-likeness (QED) is 0.500. The first-order valence-electron chi connectivity index (χ1n) is 8.09. The van der Waals surface area contributed by atoms with Crippen molar-refractivity contribution in [1.82, 2.24) is 0 Å². The second-order valence-electron chi connectivity index (χ2n) is 6.43. The minimum atomic E-state index is -0.943. The van der Waals surface area contributed by atoms with Gasteiger partial charge in [-0.15, -0.1) is 0 Å². The molecule has 0 unspecified atom stereocenters. The smallest absolute Gasteiger partial charge is 0.335 e. The molecule has 2 aromatic carbocycles. The SMILES string of the molecule is O=C(O)c1ccc([C@@H]2Nc3ccc([N+](=O)[O-])cc3[C@@H]3C=CC[C@H]32)cc1. The largest absolute Gasteiger partial charge is 0.478 e. The maximum Gasteiger partial charge on any atom is 0.335 e. The number of nitrogens with zero attached hydrogens (tertiary/aromatic N) is 1. The maximum absolute atomic E-state index is 11.1. The van der Waals surface area contributed by atoms with Crippen molar-refractivity contribution < 1.29 is 14.8 Å². The van der Waals surface area contributed by atoms with Crippen molar-refractivity contribution in [3.63, 3.8) is 0 Å². The van der Waals surface area contributed by atoms with E-state index < -0.39 is 5.97 Å². The molecule has 0 fully saturated rings. The Balaban J connectivity index is 1.72. The predicted octanol–water partition coefficient (Wildman–Crippen LogP) is 4.12. The molecule has 0 amide bonds. The van der Waals surface area contributed by atoms with Gasteiger partial charge < -0.3 is 10.4 Å². The summed E-state index contributed by atoms with van der Waals surface area (Å²) in [6.07, 6.45) is 5.11. The molecule has 1 heterocycles. The number of hydrogen-bond acceptors (Lipinski definition) is 4. The number of carboxylic acids is 1. The second kappa shape index (κ2) is 5.73. The topological polar surface area (TPSA) is 92.5 Å². The highest BCUT2D eigenvalue weighted by Gasteiger charge is 2.38. The maximum atomic E-state index is 11.1. The molecule has 0 saturated carbocycles. The van der Waals surface area contributed by atoms with E-state index in [0.717, 1.165) is 23.2 Å². The van der Waals surface area contributed by atoms with E-state index >= 15 is 0 Å². The fourth-order valence-corrected chi connectivity index (χ4v) is 3.86. The highest BCUT2D eigenvalue weighted by Crippen LogP contribution is 2.50. The number of nitrogens with one attached hydrogen (secondary N) is 1. The number of fused-ring (bicyclic) bond motifs is 3. The third kappa shape index (κ3) is 2.55. The fourth-order valence-electron chi connectivity index (χ4n) is 3.86. The van der Waals surface area contributed by atoms with E-state index in [9.17, 15) is 14.9 Å². The molecule has 4 rings (SSSR count). The van der Waals surface area contributed by atoms with Crippen LogP contribution in [-0.2, 0) is 0 Å². The zero-order valence-corrected chi connectivity index (χ0v) is 13.3. The highest BCUT2D eigenvalue weighted by atomic mass is 16.6. The minimum absolute atomic E-state index is 0.0387. The van der Waals surface area contributed by atoms with Crippen LogP contribution in [0.15, 0.2) is 54.6 Å². The zero-order valence-electron chi connectivity index (χ0n) is 13.3. The van der Waals surface area contributed by atoms with Crippen LogP contribution in [0.25, 0.3) is 0 Å². The van der Waals surface area contributed by atoms with Crippen LogP contribution in [0.1, 0.15) is 39.9 Å². The summed E-state index contributed by atoms with van der Waals surface area (Å²) < 4.78 is 0. The average molecular weight is 336 g/mol. The lowest BCUT2D eigenvalue weighted by molar-refractivity contribution is -0.384. The summed E-state index contributed by atoms with van der Waals surface area (Å²) in [5, 5.41) is 23.6. The molecule has 6 heteroatoms. The number of hydrogen-bond donors (Lipinski definition) is 2. The third-order valence-electron chi connectivity index (χ3n) is 5.07. The van der Waals surface area contributed by atoms with Gasteiger partial charge in [-0.2, -0.15) is 0 Å². The number of carbonyl (C=O) groups is 1. The molecule has 6 nitrogen and oxygen atoms in total. The Labute approximate surface area is 144 Å². The number of carboxylic acid groups (broad SMARTS) is 1. The van der Waals surface area contributed by atoms with Crippen LogP contribution in [0.4, 0.5) is 11.4 Å². The highest BCUT2D eigenvalue weighted by molar-refractivity contribution is 5.87. The van der Waals surface area contributed by atoms with E-state index in [1.807, 2.05) is 12.1 Å². The second-order valence-corrected chi connectivity index (χ2v) is 6.43. The summed E-state index contributed by atoms with van der Waals surface area (Å²) in [7, 11) is 0. The predicted molar refractivity (Wildman–Crippen MR) is 92.8 cm³/mol. The van der Waals surface area contributed by atoms with Crippen molar-refractivity contribution in [1.29, 1.82) is 0 Å². The average Bonchev–Trinajstić information content (AvgIpc) is 3.10. The van der Waals surface area contributed by atoms with Gasteiger partial charge >= 0.3 is 5.97 Å². The van der Waals surface area contributed by atoms with Crippen LogP contribution in [0.5, 0.6) is 0 Å². The summed E-state index contributed by atoms with van der Waals surface area (Å²) >= 11 is 0. The molecule has 2 aliphatic rings. The number of benzene rings is 2. The van der Waals surface area contributed by atoms with Crippen LogP contribution in [-0.4, -0.2) is 16.0 Å². The Morgan fingerprint density at radius 3 is 2.64 bits per heavy atom. The van der Waals surface area contributed by atoms with Gasteiger partial charge in [-0.1, -0.05) is 24.3 Å². The molecule has 3 atom stereocenters. The molecule has 126 valence electrons. The Hall–Kier alpha value is -3.15. The molecule has 0 bridgehead atoms. The number of anilines is 1. The van der Waals surface area contributed by atoms with Gasteiger partial charge in [-0.05, 0) is 41.7 Å². The number of nitro groups is 1. The van der Waals surface area contributed by atoms with E-state index in [1.165, 1.54) is 6.07 Å². The number of nitro benzene ring substituents is 1. The van der Waals surface area contributed by atoms with E-state index in [1.54, 1.807) is 24.3 Å². The van der Waals surface area contributed by atoms with Crippen molar-refractivity contribution in [3.8, 4) is 0 Å². The molecule has 0 saturated heterocycles. The zero-order chi connectivity index (χ0) is 17.6. The van der Waals surface area contributed by atoms with Gasteiger partial charge in [0.2, 0.25) is 0 Å². The van der Waals surface area contributed by atoms with Crippen molar-refractivity contribution in [2.45, 2.75) is 18.4 Å². The van der Waals surface area contributed by atoms with E-state index in [4.69, 9.17) is 5.11 Å². The summed E-state index contributed by atoms with van der Waals surface area (Å²) in [6, 6.07) is 11.9. The van der Waals surface area contributed by atoms with E-state index in [-0.39, 0.29) is 34.1 Å². The fraction of sp³-hybridized carbons (Fsp3) is 0.211. The van der Waals surface area contributed by atoms with Gasteiger partial charge in [0, 0.05) is 23.7 Å². The Kier molecular flexibility index (Phi) is 3.53. The van der Waals surface area contributed by atoms with E-state index in [0.29, 0.717) is 0 Å². The van der Waals surface area contributed by atoms with Gasteiger partial charge in [0.1, 0.15) is 0 Å². The van der Waals surface area contributed by atoms with Crippen LogP contribution < -0.4 is 5.32 Å². The Morgan fingerprint density at radius 2 is 1.96 bits per heavy atom. The van der Waals surface area contributed by atoms with Crippen LogP contribution in [0.3, 0.4) is 0 Å². The van der Waals surface area contributed by atoms with Gasteiger partial charge in [0.05, 0.1) is 16.5 Å². The number of rotatable bonds is 3. The molecule has 0 spiro atoms. The third-order valence-corrected chi connectivity index (χ3v) is 5.07. The van der Waals surface area contributed by atoms with Gasteiger partial charge in [0.15, 0.2) is 0 Å². The van der Waals surface area contributed by atoms with Crippen LogP contribution in [0, 0.1) is 16.0 Å². The number of non-ortho nitro benzene ring substituents is 1. The van der Waals surface area contributed by atoms with Crippen molar-refractivity contribution in [3.05, 3.63) is 81.4 Å². The Bertz CT molecular complexity index is 889. The standard InChI is InChI=1S/C19H16N2O4/c22-19(23)12-6-4-11(5-7-12)18-15-3-1-2-14(15)16-10-13(21(24)25)8-9-17(16)20-18/h1-2,4-10,14-15,18,20H,3H2,(H,22,23)/t14-,15-,18+/m1/s1. The molecule has 2 N–H and O–H groups in total. The normalized spacial score (nSPS) is 23.4. The lowest BCUT2D eigenvalue weighted by Gasteiger charge is -2.37. The number of allylic oxidation sites excluding steroid dienone is 2. The molecular formula is C19H16N2O4. The van der Waals surface area contributed by atoms with Gasteiger partial charge in [0.25, 0.3) is 5.69 Å². The first kappa shape index (κ1) is 15.4. The molecule has 0 radical (unpaired) electrons. The van der Waals surface area contributed by atoms with Crippen LogP contribution >= 0.6 is 0 Å². The van der Waals surface area contributed by atoms with Crippen molar-refractivity contribution >= 4 is 17.3 Å². The molecule has 1 aliphatic heterocycles. The van der Waals surface area contributed by atoms with E-state index in [2.05, 4.69) is 17.5 Å². The number of aromatic carboxylic acids is 1. The lowest BCUT2D eigenvalue weighted by Crippen LogP contribution is -2.29. The van der Waals surface area contributed by atoms with Gasteiger partial charge in [-0.3, -0.25) is 10.1 Å². The van der Waals surface area contributed by atoms with Gasteiger partial charge in [-0.25, -0.2) is 4.79 Å². The monoisotopic (exact) mass is 336 g/mol. The molecule has 0 aromatic heterocycles. The molecule has 1 aliphatic carbocycles.